The average molecular weight is 320 g/mol. The van der Waals surface area contributed by atoms with E-state index in [2.05, 4.69) is 58.5 Å². The smallest absolute Gasteiger partial charge is 0.128 e. The fourth-order valence-electron chi connectivity index (χ4n) is 3.19. The lowest BCUT2D eigenvalue weighted by Crippen LogP contribution is -2.43. The van der Waals surface area contributed by atoms with Crippen molar-refractivity contribution in [2.75, 3.05) is 24.5 Å². The van der Waals surface area contributed by atoms with Crippen molar-refractivity contribution in [3.8, 4) is 6.07 Å². The first kappa shape index (κ1) is 16.5. The number of hydrogen-bond acceptors (Lipinski definition) is 4. The van der Waals surface area contributed by atoms with Gasteiger partial charge in [-0.05, 0) is 36.5 Å². The van der Waals surface area contributed by atoms with Crippen LogP contribution in [0.5, 0.6) is 0 Å². The molecule has 1 unspecified atom stereocenters. The van der Waals surface area contributed by atoms with E-state index >= 15 is 0 Å². The quantitative estimate of drug-likeness (QED) is 0.918. The van der Waals surface area contributed by atoms with Crippen molar-refractivity contribution in [2.45, 2.75) is 31.7 Å². The molecule has 1 N–H and O–H groups in total. The SMILES string of the molecule is CC(CNC1CCN(c2ccc(C#N)cn2)CC1)c1ccccc1. The Morgan fingerprint density at radius 1 is 1.21 bits per heavy atom. The second kappa shape index (κ2) is 7.94. The molecule has 1 aromatic carbocycles. The van der Waals surface area contributed by atoms with Gasteiger partial charge in [0.15, 0.2) is 0 Å². The molecule has 1 atom stereocenters. The maximum Gasteiger partial charge on any atom is 0.128 e. The van der Waals surface area contributed by atoms with Crippen LogP contribution in [0.15, 0.2) is 48.7 Å². The minimum atomic E-state index is 0.532. The number of pyridine rings is 1. The Labute approximate surface area is 144 Å². The molecule has 0 amide bonds. The summed E-state index contributed by atoms with van der Waals surface area (Å²) in [5.74, 6) is 1.51. The number of nitriles is 1. The predicted octanol–water partition coefficient (Wildman–Crippen LogP) is 3.32. The number of hydrogen-bond donors (Lipinski definition) is 1. The number of benzene rings is 1. The van der Waals surface area contributed by atoms with Gasteiger partial charge in [-0.1, -0.05) is 37.3 Å². The molecule has 1 aromatic heterocycles. The largest absolute Gasteiger partial charge is 0.357 e. The Morgan fingerprint density at radius 3 is 2.58 bits per heavy atom. The Balaban J connectivity index is 1.46. The molecule has 0 bridgehead atoms. The van der Waals surface area contributed by atoms with Gasteiger partial charge in [-0.2, -0.15) is 5.26 Å². The number of nitrogens with zero attached hydrogens (tertiary/aromatic N) is 3. The van der Waals surface area contributed by atoms with E-state index in [-0.39, 0.29) is 0 Å². The zero-order valence-corrected chi connectivity index (χ0v) is 14.2. The molecule has 0 saturated carbocycles. The van der Waals surface area contributed by atoms with Gasteiger partial charge in [0.1, 0.15) is 11.9 Å². The summed E-state index contributed by atoms with van der Waals surface area (Å²) < 4.78 is 0. The summed E-state index contributed by atoms with van der Waals surface area (Å²) in [6, 6.07) is 17.2. The van der Waals surface area contributed by atoms with E-state index in [0.29, 0.717) is 17.5 Å². The number of anilines is 1. The Hall–Kier alpha value is -2.38. The third-order valence-corrected chi connectivity index (χ3v) is 4.78. The lowest BCUT2D eigenvalue weighted by molar-refractivity contribution is 0.405. The summed E-state index contributed by atoms with van der Waals surface area (Å²) in [6.07, 6.45) is 3.91. The third-order valence-electron chi connectivity index (χ3n) is 4.78. The second-order valence-electron chi connectivity index (χ2n) is 6.50. The van der Waals surface area contributed by atoms with E-state index in [4.69, 9.17) is 5.26 Å². The molecular weight excluding hydrogens is 296 g/mol. The van der Waals surface area contributed by atoms with Gasteiger partial charge in [-0.25, -0.2) is 4.98 Å². The van der Waals surface area contributed by atoms with E-state index in [9.17, 15) is 0 Å². The minimum Gasteiger partial charge on any atom is -0.357 e. The second-order valence-corrected chi connectivity index (χ2v) is 6.50. The van der Waals surface area contributed by atoms with E-state index in [1.54, 1.807) is 6.20 Å². The molecule has 2 aromatic rings. The monoisotopic (exact) mass is 320 g/mol. The molecule has 1 aliphatic heterocycles. The van der Waals surface area contributed by atoms with Crippen molar-refractivity contribution in [2.24, 2.45) is 0 Å². The topological polar surface area (TPSA) is 52.0 Å². The number of aromatic nitrogens is 1. The highest BCUT2D eigenvalue weighted by molar-refractivity contribution is 5.42. The Morgan fingerprint density at radius 2 is 1.96 bits per heavy atom. The van der Waals surface area contributed by atoms with E-state index in [1.165, 1.54) is 5.56 Å². The highest BCUT2D eigenvalue weighted by atomic mass is 15.2. The molecule has 124 valence electrons. The van der Waals surface area contributed by atoms with Gasteiger partial charge in [0, 0.05) is 31.9 Å². The minimum absolute atomic E-state index is 0.532. The highest BCUT2D eigenvalue weighted by Gasteiger charge is 2.20. The molecule has 1 aliphatic rings. The van der Waals surface area contributed by atoms with Gasteiger partial charge in [-0.15, -0.1) is 0 Å². The van der Waals surface area contributed by atoms with Gasteiger partial charge >= 0.3 is 0 Å². The molecule has 4 heteroatoms. The molecule has 1 fully saturated rings. The van der Waals surface area contributed by atoms with Crippen molar-refractivity contribution in [1.29, 1.82) is 5.26 Å². The van der Waals surface area contributed by atoms with Crippen LogP contribution in [0.4, 0.5) is 5.82 Å². The van der Waals surface area contributed by atoms with E-state index < -0.39 is 0 Å². The third kappa shape index (κ3) is 4.12. The standard InChI is InChI=1S/C20H24N4/c1-16(18-5-3-2-4-6-18)14-22-19-9-11-24(12-10-19)20-8-7-17(13-21)15-23-20/h2-8,15-16,19,22H,9-12,14H2,1H3. The Bertz CT molecular complexity index is 667. The highest BCUT2D eigenvalue weighted by Crippen LogP contribution is 2.19. The molecule has 1 saturated heterocycles. The molecule has 0 radical (unpaired) electrons. The number of nitrogens with one attached hydrogen (secondary N) is 1. The van der Waals surface area contributed by atoms with Crippen LogP contribution in [0.2, 0.25) is 0 Å². The lowest BCUT2D eigenvalue weighted by atomic mass is 9.99. The van der Waals surface area contributed by atoms with Gasteiger partial charge in [0.25, 0.3) is 0 Å². The molecule has 3 rings (SSSR count). The molecular formula is C20H24N4. The van der Waals surface area contributed by atoms with Crippen molar-refractivity contribution in [1.82, 2.24) is 10.3 Å². The number of rotatable bonds is 5. The van der Waals surface area contributed by atoms with E-state index in [1.807, 2.05) is 12.1 Å². The number of piperidine rings is 1. The predicted molar refractivity (Wildman–Crippen MR) is 97.0 cm³/mol. The molecule has 2 heterocycles. The first-order chi connectivity index (χ1) is 11.8. The first-order valence-corrected chi connectivity index (χ1v) is 8.65. The summed E-state index contributed by atoms with van der Waals surface area (Å²) in [4.78, 5) is 6.70. The summed E-state index contributed by atoms with van der Waals surface area (Å²) in [7, 11) is 0. The molecule has 0 aliphatic carbocycles. The molecule has 4 nitrogen and oxygen atoms in total. The van der Waals surface area contributed by atoms with Gasteiger partial charge in [0.2, 0.25) is 0 Å². The zero-order chi connectivity index (χ0) is 16.8. The van der Waals surface area contributed by atoms with Gasteiger partial charge in [0.05, 0.1) is 5.56 Å². The zero-order valence-electron chi connectivity index (χ0n) is 14.2. The summed E-state index contributed by atoms with van der Waals surface area (Å²) in [5, 5.41) is 12.6. The summed E-state index contributed by atoms with van der Waals surface area (Å²) in [6.45, 7) is 5.31. The normalized spacial score (nSPS) is 16.6. The maximum absolute atomic E-state index is 8.85. The fourth-order valence-corrected chi connectivity index (χ4v) is 3.19. The van der Waals surface area contributed by atoms with Gasteiger partial charge < -0.3 is 10.2 Å². The molecule has 24 heavy (non-hydrogen) atoms. The van der Waals surface area contributed by atoms with Crippen LogP contribution in [0.1, 0.15) is 36.8 Å². The summed E-state index contributed by atoms with van der Waals surface area (Å²) in [5.41, 5.74) is 2.01. The van der Waals surface area contributed by atoms with Crippen LogP contribution in [-0.2, 0) is 0 Å². The van der Waals surface area contributed by atoms with Crippen LogP contribution < -0.4 is 10.2 Å². The van der Waals surface area contributed by atoms with Crippen LogP contribution in [-0.4, -0.2) is 30.7 Å². The van der Waals surface area contributed by atoms with Crippen LogP contribution in [0.3, 0.4) is 0 Å². The van der Waals surface area contributed by atoms with Crippen molar-refractivity contribution in [3.05, 3.63) is 59.8 Å². The van der Waals surface area contributed by atoms with Gasteiger partial charge in [-0.3, -0.25) is 0 Å². The van der Waals surface area contributed by atoms with Crippen LogP contribution in [0.25, 0.3) is 0 Å². The van der Waals surface area contributed by atoms with Crippen LogP contribution >= 0.6 is 0 Å². The fraction of sp³-hybridized carbons (Fsp3) is 0.400. The van der Waals surface area contributed by atoms with E-state index in [0.717, 1.165) is 38.3 Å². The first-order valence-electron chi connectivity index (χ1n) is 8.65. The van der Waals surface area contributed by atoms with Crippen molar-refractivity contribution >= 4 is 5.82 Å². The van der Waals surface area contributed by atoms with Crippen LogP contribution in [0, 0.1) is 11.3 Å². The average Bonchev–Trinajstić information content (AvgIpc) is 2.67. The summed E-state index contributed by atoms with van der Waals surface area (Å²) >= 11 is 0. The van der Waals surface area contributed by atoms with Crippen molar-refractivity contribution < 1.29 is 0 Å². The molecule has 0 spiro atoms. The maximum atomic E-state index is 8.85. The Kier molecular flexibility index (Phi) is 5.45. The van der Waals surface area contributed by atoms with Crippen molar-refractivity contribution in [3.63, 3.8) is 0 Å². The lowest BCUT2D eigenvalue weighted by Gasteiger charge is -2.33.